The lowest BCUT2D eigenvalue weighted by molar-refractivity contribution is -0.144. The lowest BCUT2D eigenvalue weighted by atomic mass is 10.3. The van der Waals surface area contributed by atoms with Crippen molar-refractivity contribution in [3.63, 3.8) is 0 Å². The zero-order valence-electron chi connectivity index (χ0n) is 14.7. The first-order valence-electron chi connectivity index (χ1n) is 8.50. The number of hydrogen-bond donors (Lipinski definition) is 1. The Balaban J connectivity index is 1.55. The first-order chi connectivity index (χ1) is 12.7. The van der Waals surface area contributed by atoms with Crippen molar-refractivity contribution in [2.24, 2.45) is 0 Å². The normalized spacial score (nSPS) is 10.2. The minimum atomic E-state index is -0.373. The molecule has 1 aromatic heterocycles. The Kier molecular flexibility index (Phi) is 8.48. The molecule has 0 radical (unpaired) electrons. The Labute approximate surface area is 157 Å². The summed E-state index contributed by atoms with van der Waals surface area (Å²) in [6.45, 7) is 3.40. The molecular formula is C19H23NO5S. The molecule has 0 bridgehead atoms. The van der Waals surface area contributed by atoms with Gasteiger partial charge in [-0.1, -0.05) is 6.92 Å². The van der Waals surface area contributed by atoms with Gasteiger partial charge in [0, 0.05) is 17.5 Å². The van der Waals surface area contributed by atoms with E-state index in [4.69, 9.17) is 14.2 Å². The maximum absolute atomic E-state index is 11.7. The van der Waals surface area contributed by atoms with Crippen LogP contribution in [-0.2, 0) is 9.53 Å². The van der Waals surface area contributed by atoms with E-state index in [-0.39, 0.29) is 38.1 Å². The van der Waals surface area contributed by atoms with E-state index in [1.54, 1.807) is 11.4 Å². The zero-order valence-corrected chi connectivity index (χ0v) is 15.6. The van der Waals surface area contributed by atoms with Gasteiger partial charge in [0.25, 0.3) is 5.91 Å². The molecule has 0 aliphatic rings. The van der Waals surface area contributed by atoms with Gasteiger partial charge >= 0.3 is 5.97 Å². The second kappa shape index (κ2) is 11.1. The summed E-state index contributed by atoms with van der Waals surface area (Å²) in [7, 11) is 0. The zero-order chi connectivity index (χ0) is 18.6. The van der Waals surface area contributed by atoms with Crippen LogP contribution in [0, 0.1) is 0 Å². The first-order valence-corrected chi connectivity index (χ1v) is 9.45. The highest BCUT2D eigenvalue weighted by Crippen LogP contribution is 2.17. The topological polar surface area (TPSA) is 73.9 Å². The predicted molar refractivity (Wildman–Crippen MR) is 100.0 cm³/mol. The van der Waals surface area contributed by atoms with Crippen LogP contribution >= 0.6 is 11.3 Å². The summed E-state index contributed by atoms with van der Waals surface area (Å²) in [5.74, 6) is 0.930. The molecule has 1 N–H and O–H groups in total. The quantitative estimate of drug-likeness (QED) is 0.480. The van der Waals surface area contributed by atoms with Crippen molar-refractivity contribution in [2.45, 2.75) is 19.8 Å². The van der Waals surface area contributed by atoms with Crippen LogP contribution in [0.3, 0.4) is 0 Å². The maximum atomic E-state index is 11.7. The van der Waals surface area contributed by atoms with Crippen LogP contribution in [0.2, 0.25) is 0 Å². The fraction of sp³-hybridized carbons (Fsp3) is 0.368. The lowest BCUT2D eigenvalue weighted by Gasteiger charge is -2.09. The highest BCUT2D eigenvalue weighted by atomic mass is 32.1. The monoisotopic (exact) mass is 377 g/mol. The number of thiophene rings is 1. The van der Waals surface area contributed by atoms with Crippen LogP contribution in [0.25, 0.3) is 0 Å². The Bertz CT molecular complexity index is 670. The molecular weight excluding hydrogens is 354 g/mol. The van der Waals surface area contributed by atoms with Crippen molar-refractivity contribution >= 4 is 23.2 Å². The average Bonchev–Trinajstić information content (AvgIpc) is 3.19. The summed E-state index contributed by atoms with van der Waals surface area (Å²) in [5.41, 5.74) is 0.600. The summed E-state index contributed by atoms with van der Waals surface area (Å²) in [6, 6.07) is 9.04. The van der Waals surface area contributed by atoms with Gasteiger partial charge in [-0.3, -0.25) is 9.59 Å². The van der Waals surface area contributed by atoms with Gasteiger partial charge in [0.1, 0.15) is 24.7 Å². The molecule has 0 saturated carbocycles. The van der Waals surface area contributed by atoms with E-state index in [0.717, 1.165) is 12.2 Å². The van der Waals surface area contributed by atoms with Crippen LogP contribution in [0.4, 0.5) is 0 Å². The van der Waals surface area contributed by atoms with Crippen molar-refractivity contribution in [3.05, 3.63) is 46.7 Å². The summed E-state index contributed by atoms with van der Waals surface area (Å²) < 4.78 is 16.1. The molecule has 26 heavy (non-hydrogen) atoms. The van der Waals surface area contributed by atoms with Crippen LogP contribution in [-0.4, -0.2) is 38.2 Å². The number of ether oxygens (including phenoxy) is 3. The van der Waals surface area contributed by atoms with E-state index < -0.39 is 0 Å². The molecule has 1 amide bonds. The molecule has 2 rings (SSSR count). The fourth-order valence-corrected chi connectivity index (χ4v) is 2.65. The Hall–Kier alpha value is -2.54. The van der Waals surface area contributed by atoms with E-state index in [1.807, 2.05) is 29.6 Å². The lowest BCUT2D eigenvalue weighted by Crippen LogP contribution is -2.26. The third kappa shape index (κ3) is 7.14. The van der Waals surface area contributed by atoms with Gasteiger partial charge in [0.05, 0.1) is 13.0 Å². The number of carbonyl (C=O) groups excluding carboxylic acids is 2. The number of esters is 1. The largest absolute Gasteiger partial charge is 0.494 e. The molecule has 0 fully saturated rings. The van der Waals surface area contributed by atoms with Crippen LogP contribution in [0.5, 0.6) is 11.5 Å². The van der Waals surface area contributed by atoms with E-state index in [1.165, 1.54) is 11.3 Å². The van der Waals surface area contributed by atoms with Crippen molar-refractivity contribution < 1.29 is 23.8 Å². The van der Waals surface area contributed by atoms with Gasteiger partial charge in [0.15, 0.2) is 0 Å². The molecule has 0 saturated heterocycles. The first kappa shape index (κ1) is 19.8. The van der Waals surface area contributed by atoms with Crippen molar-refractivity contribution in [1.29, 1.82) is 0 Å². The second-order valence-electron chi connectivity index (χ2n) is 5.41. The number of nitrogens with one attached hydrogen (secondary N) is 1. The van der Waals surface area contributed by atoms with Gasteiger partial charge < -0.3 is 19.5 Å². The minimum Gasteiger partial charge on any atom is -0.494 e. The van der Waals surface area contributed by atoms with Gasteiger partial charge in [-0.2, -0.15) is 11.3 Å². The average molecular weight is 377 g/mol. The van der Waals surface area contributed by atoms with Gasteiger partial charge in [-0.05, 0) is 42.1 Å². The van der Waals surface area contributed by atoms with Crippen LogP contribution in [0.1, 0.15) is 30.1 Å². The molecule has 0 aliphatic heterocycles. The van der Waals surface area contributed by atoms with Crippen molar-refractivity contribution in [2.75, 3.05) is 26.4 Å². The molecule has 7 heteroatoms. The Morgan fingerprint density at radius 1 is 1.00 bits per heavy atom. The third-order valence-electron chi connectivity index (χ3n) is 3.31. The predicted octanol–water partition coefficient (Wildman–Crippen LogP) is 3.28. The molecule has 1 heterocycles. The van der Waals surface area contributed by atoms with E-state index >= 15 is 0 Å². The summed E-state index contributed by atoms with van der Waals surface area (Å²) in [4.78, 5) is 23.3. The van der Waals surface area contributed by atoms with E-state index in [2.05, 4.69) is 12.2 Å². The third-order valence-corrected chi connectivity index (χ3v) is 3.99. The molecule has 0 aliphatic carbocycles. The van der Waals surface area contributed by atoms with Crippen molar-refractivity contribution in [1.82, 2.24) is 5.32 Å². The van der Waals surface area contributed by atoms with Crippen molar-refractivity contribution in [3.8, 4) is 11.5 Å². The Morgan fingerprint density at radius 2 is 1.69 bits per heavy atom. The van der Waals surface area contributed by atoms with Gasteiger partial charge in [-0.15, -0.1) is 0 Å². The molecule has 0 atom stereocenters. The van der Waals surface area contributed by atoms with Crippen LogP contribution in [0.15, 0.2) is 41.1 Å². The minimum absolute atomic E-state index is 0.124. The number of carbonyl (C=O) groups is 2. The van der Waals surface area contributed by atoms with Gasteiger partial charge in [0.2, 0.25) is 0 Å². The van der Waals surface area contributed by atoms with E-state index in [0.29, 0.717) is 17.9 Å². The summed E-state index contributed by atoms with van der Waals surface area (Å²) in [5, 5.41) is 6.26. The smallest absolute Gasteiger partial charge is 0.307 e. The summed E-state index contributed by atoms with van der Waals surface area (Å²) >= 11 is 1.45. The highest BCUT2D eigenvalue weighted by Gasteiger charge is 2.07. The highest BCUT2D eigenvalue weighted by molar-refractivity contribution is 7.08. The SMILES string of the molecule is CCCOc1ccc(OCCOC(=O)CCNC(=O)c2ccsc2)cc1. The van der Waals surface area contributed by atoms with Gasteiger partial charge in [-0.25, -0.2) is 0 Å². The fourth-order valence-electron chi connectivity index (χ4n) is 2.01. The van der Waals surface area contributed by atoms with E-state index in [9.17, 15) is 9.59 Å². The molecule has 0 unspecified atom stereocenters. The number of hydrogen-bond acceptors (Lipinski definition) is 6. The second-order valence-corrected chi connectivity index (χ2v) is 6.19. The van der Waals surface area contributed by atoms with Crippen LogP contribution < -0.4 is 14.8 Å². The molecule has 2 aromatic rings. The standard InChI is InChI=1S/C19H23NO5S/c1-2-10-23-16-3-5-17(6-4-16)24-11-12-25-18(21)7-9-20-19(22)15-8-13-26-14-15/h3-6,8,13-14H,2,7,9-12H2,1H3,(H,20,22). The Morgan fingerprint density at radius 3 is 2.31 bits per heavy atom. The summed E-state index contributed by atoms with van der Waals surface area (Å²) in [6.07, 6.45) is 1.08. The maximum Gasteiger partial charge on any atom is 0.307 e. The molecule has 140 valence electrons. The molecule has 0 spiro atoms. The molecule has 6 nitrogen and oxygen atoms in total. The molecule has 1 aromatic carbocycles. The number of benzene rings is 1. The number of amides is 1. The number of rotatable bonds is 11.